The van der Waals surface area contributed by atoms with Gasteiger partial charge in [-0.15, -0.1) is 0 Å². The first-order valence-corrected chi connectivity index (χ1v) is 8.06. The van der Waals surface area contributed by atoms with Crippen LogP contribution < -0.4 is 10.2 Å². The van der Waals surface area contributed by atoms with Gasteiger partial charge in [-0.3, -0.25) is 4.79 Å². The molecule has 0 saturated heterocycles. The number of rotatable bonds is 4. The second-order valence-electron chi connectivity index (χ2n) is 5.93. The summed E-state index contributed by atoms with van der Waals surface area (Å²) < 4.78 is 5.24. The highest BCUT2D eigenvalue weighted by molar-refractivity contribution is 6.03. The Hall–Kier alpha value is -3.14. The summed E-state index contributed by atoms with van der Waals surface area (Å²) in [4.78, 5) is 12.1. The summed E-state index contributed by atoms with van der Waals surface area (Å²) in [7, 11) is 1.66. The van der Waals surface area contributed by atoms with Crippen LogP contribution in [0.2, 0.25) is 0 Å². The summed E-state index contributed by atoms with van der Waals surface area (Å²) in [5.74, 6) is 0.612. The lowest BCUT2D eigenvalue weighted by molar-refractivity contribution is 0.0955. The van der Waals surface area contributed by atoms with Gasteiger partial charge in [-0.05, 0) is 60.5 Å². The van der Waals surface area contributed by atoms with E-state index in [4.69, 9.17) is 4.74 Å². The number of ether oxygens (including phenoxy) is 1. The SMILES string of the molecule is COc1ccc2cc(/C(C)=N\NC(=O)c3ccc(C)cc3)ccc2c1. The molecule has 0 bridgehead atoms. The van der Waals surface area contributed by atoms with Crippen LogP contribution in [-0.4, -0.2) is 18.7 Å². The third-order valence-corrected chi connectivity index (χ3v) is 4.10. The Balaban J connectivity index is 1.78. The van der Waals surface area contributed by atoms with Crippen molar-refractivity contribution in [3.63, 3.8) is 0 Å². The largest absolute Gasteiger partial charge is 0.497 e. The van der Waals surface area contributed by atoms with E-state index in [9.17, 15) is 4.79 Å². The topological polar surface area (TPSA) is 50.7 Å². The van der Waals surface area contributed by atoms with Crippen molar-refractivity contribution in [1.82, 2.24) is 5.43 Å². The highest BCUT2D eigenvalue weighted by Gasteiger charge is 2.05. The van der Waals surface area contributed by atoms with Crippen LogP contribution in [0.3, 0.4) is 0 Å². The second kappa shape index (κ2) is 7.18. The van der Waals surface area contributed by atoms with Gasteiger partial charge < -0.3 is 4.74 Å². The number of hydrogen-bond acceptors (Lipinski definition) is 3. The molecule has 25 heavy (non-hydrogen) atoms. The van der Waals surface area contributed by atoms with Crippen LogP contribution in [0, 0.1) is 6.92 Å². The van der Waals surface area contributed by atoms with Crippen molar-refractivity contribution in [2.24, 2.45) is 5.10 Å². The van der Waals surface area contributed by atoms with Gasteiger partial charge in [0, 0.05) is 5.56 Å². The summed E-state index contributed by atoms with van der Waals surface area (Å²) in [6, 6.07) is 19.4. The van der Waals surface area contributed by atoms with E-state index in [-0.39, 0.29) is 5.91 Å². The van der Waals surface area contributed by atoms with Crippen LogP contribution in [0.5, 0.6) is 5.75 Å². The molecule has 3 aromatic carbocycles. The Bertz CT molecular complexity index is 944. The number of nitrogens with zero attached hydrogens (tertiary/aromatic N) is 1. The Morgan fingerprint density at radius 2 is 1.56 bits per heavy atom. The van der Waals surface area contributed by atoms with Crippen LogP contribution in [0.4, 0.5) is 0 Å². The maximum atomic E-state index is 12.1. The number of amides is 1. The van der Waals surface area contributed by atoms with Crippen LogP contribution in [-0.2, 0) is 0 Å². The van der Waals surface area contributed by atoms with Crippen LogP contribution in [0.1, 0.15) is 28.4 Å². The first-order chi connectivity index (χ1) is 12.1. The van der Waals surface area contributed by atoms with Crippen LogP contribution >= 0.6 is 0 Å². The molecule has 0 aliphatic rings. The van der Waals surface area contributed by atoms with Crippen molar-refractivity contribution in [1.29, 1.82) is 0 Å². The third kappa shape index (κ3) is 3.86. The number of aryl methyl sites for hydroxylation is 1. The molecule has 1 amide bonds. The second-order valence-corrected chi connectivity index (χ2v) is 5.93. The van der Waals surface area contributed by atoms with E-state index in [2.05, 4.69) is 10.5 Å². The zero-order valence-electron chi connectivity index (χ0n) is 14.5. The lowest BCUT2D eigenvalue weighted by Crippen LogP contribution is -2.19. The highest BCUT2D eigenvalue weighted by atomic mass is 16.5. The van der Waals surface area contributed by atoms with Crippen molar-refractivity contribution in [3.8, 4) is 5.75 Å². The molecule has 4 nitrogen and oxygen atoms in total. The first-order valence-electron chi connectivity index (χ1n) is 8.06. The van der Waals surface area contributed by atoms with Crippen molar-refractivity contribution < 1.29 is 9.53 Å². The highest BCUT2D eigenvalue weighted by Crippen LogP contribution is 2.22. The molecule has 0 atom stereocenters. The number of hydrazone groups is 1. The maximum absolute atomic E-state index is 12.1. The number of fused-ring (bicyclic) bond motifs is 1. The van der Waals surface area contributed by atoms with Crippen LogP contribution in [0.15, 0.2) is 65.8 Å². The average Bonchev–Trinajstić information content (AvgIpc) is 2.65. The van der Waals surface area contributed by atoms with Gasteiger partial charge in [0.25, 0.3) is 5.91 Å². The van der Waals surface area contributed by atoms with E-state index >= 15 is 0 Å². The van der Waals surface area contributed by atoms with E-state index in [0.29, 0.717) is 5.56 Å². The average molecular weight is 332 g/mol. The number of hydrogen-bond donors (Lipinski definition) is 1. The predicted molar refractivity (Wildman–Crippen MR) is 101 cm³/mol. The van der Waals surface area contributed by atoms with E-state index < -0.39 is 0 Å². The van der Waals surface area contributed by atoms with Gasteiger partial charge in [-0.2, -0.15) is 5.10 Å². The molecule has 0 aliphatic heterocycles. The van der Waals surface area contributed by atoms with Gasteiger partial charge in [0.2, 0.25) is 0 Å². The molecule has 3 aromatic rings. The molecular formula is C21H20N2O2. The Labute approximate surface area is 147 Å². The normalized spacial score (nSPS) is 11.4. The molecule has 3 rings (SSSR count). The fourth-order valence-electron chi connectivity index (χ4n) is 2.54. The van der Waals surface area contributed by atoms with Crippen molar-refractivity contribution in [2.45, 2.75) is 13.8 Å². The molecule has 126 valence electrons. The van der Waals surface area contributed by atoms with Gasteiger partial charge >= 0.3 is 0 Å². The predicted octanol–water partition coefficient (Wildman–Crippen LogP) is 4.31. The molecule has 0 spiro atoms. The summed E-state index contributed by atoms with van der Waals surface area (Å²) in [5.41, 5.74) is 6.03. The number of benzene rings is 3. The molecule has 0 fully saturated rings. The smallest absolute Gasteiger partial charge is 0.271 e. The minimum Gasteiger partial charge on any atom is -0.497 e. The molecule has 0 saturated carbocycles. The van der Waals surface area contributed by atoms with Crippen molar-refractivity contribution in [2.75, 3.05) is 7.11 Å². The summed E-state index contributed by atoms with van der Waals surface area (Å²) >= 11 is 0. The lowest BCUT2D eigenvalue weighted by Gasteiger charge is -2.06. The molecule has 0 unspecified atom stereocenters. The Morgan fingerprint density at radius 1 is 0.920 bits per heavy atom. The number of carbonyl (C=O) groups is 1. The fraction of sp³-hybridized carbons (Fsp3) is 0.143. The molecule has 4 heteroatoms. The molecular weight excluding hydrogens is 312 g/mol. The maximum Gasteiger partial charge on any atom is 0.271 e. The van der Waals surface area contributed by atoms with Gasteiger partial charge in [-0.25, -0.2) is 5.43 Å². The van der Waals surface area contributed by atoms with E-state index in [1.54, 1.807) is 19.2 Å². The molecule has 1 N–H and O–H groups in total. The van der Waals surface area contributed by atoms with Gasteiger partial charge in [0.05, 0.1) is 12.8 Å². The zero-order valence-corrected chi connectivity index (χ0v) is 14.5. The first kappa shape index (κ1) is 16.7. The van der Waals surface area contributed by atoms with Crippen LogP contribution in [0.25, 0.3) is 10.8 Å². The molecule has 0 aromatic heterocycles. The molecule has 0 aliphatic carbocycles. The summed E-state index contributed by atoms with van der Waals surface area (Å²) in [5, 5.41) is 6.42. The lowest BCUT2D eigenvalue weighted by atomic mass is 10.0. The molecule has 0 heterocycles. The van der Waals surface area contributed by atoms with E-state index in [1.165, 1.54) is 0 Å². The summed E-state index contributed by atoms with van der Waals surface area (Å²) in [6.07, 6.45) is 0. The zero-order chi connectivity index (χ0) is 17.8. The van der Waals surface area contributed by atoms with E-state index in [0.717, 1.165) is 33.4 Å². The monoisotopic (exact) mass is 332 g/mol. The minimum atomic E-state index is -0.218. The fourth-order valence-corrected chi connectivity index (χ4v) is 2.54. The quantitative estimate of drug-likeness (QED) is 0.572. The minimum absolute atomic E-state index is 0.218. The van der Waals surface area contributed by atoms with Gasteiger partial charge in [-0.1, -0.05) is 35.9 Å². The van der Waals surface area contributed by atoms with Gasteiger partial charge in [0.15, 0.2) is 0 Å². The Morgan fingerprint density at radius 3 is 2.28 bits per heavy atom. The number of carbonyl (C=O) groups excluding carboxylic acids is 1. The number of methoxy groups -OCH3 is 1. The summed E-state index contributed by atoms with van der Waals surface area (Å²) in [6.45, 7) is 3.86. The van der Waals surface area contributed by atoms with Gasteiger partial charge in [0.1, 0.15) is 5.75 Å². The van der Waals surface area contributed by atoms with E-state index in [1.807, 2.05) is 62.4 Å². The van der Waals surface area contributed by atoms with Crippen molar-refractivity contribution >= 4 is 22.4 Å². The standard InChI is InChI=1S/C21H20N2O2/c1-14-4-6-16(7-5-14)21(24)23-22-15(2)17-8-9-19-13-20(25-3)11-10-18(19)12-17/h4-13H,1-3H3,(H,23,24)/b22-15-. The molecule has 0 radical (unpaired) electrons. The Kier molecular flexibility index (Phi) is 4.80. The number of nitrogens with one attached hydrogen (secondary N) is 1. The third-order valence-electron chi connectivity index (χ3n) is 4.10. The van der Waals surface area contributed by atoms with Crippen molar-refractivity contribution in [3.05, 3.63) is 77.4 Å².